The Labute approximate surface area is 102 Å². The van der Waals surface area contributed by atoms with E-state index in [9.17, 15) is 9.90 Å². The number of hydrogen-bond donors (Lipinski definition) is 1. The summed E-state index contributed by atoms with van der Waals surface area (Å²) in [6, 6.07) is 5.49. The van der Waals surface area contributed by atoms with Gasteiger partial charge in [0, 0.05) is 13.5 Å². The summed E-state index contributed by atoms with van der Waals surface area (Å²) in [5.74, 6) is 0.0889. The lowest BCUT2D eigenvalue weighted by atomic mass is 9.95. The van der Waals surface area contributed by atoms with Crippen LogP contribution in [-0.4, -0.2) is 30.2 Å². The van der Waals surface area contributed by atoms with Crippen molar-refractivity contribution in [2.24, 2.45) is 0 Å². The second-order valence-corrected chi connectivity index (χ2v) is 4.24. The maximum absolute atomic E-state index is 11.7. The highest BCUT2D eigenvalue weighted by Crippen LogP contribution is 2.29. The second kappa shape index (κ2) is 5.68. The molecule has 17 heavy (non-hydrogen) atoms. The van der Waals surface area contributed by atoms with Crippen molar-refractivity contribution in [3.63, 3.8) is 0 Å². The van der Waals surface area contributed by atoms with Crippen LogP contribution in [0.2, 0.25) is 0 Å². The Hall–Kier alpha value is -1.55. The summed E-state index contributed by atoms with van der Waals surface area (Å²) in [5.41, 5.74) is 1.78. The number of hydroxylamine groups is 2. The lowest BCUT2D eigenvalue weighted by Gasteiger charge is -2.18. The molecule has 0 aliphatic rings. The van der Waals surface area contributed by atoms with Gasteiger partial charge in [-0.2, -0.15) is 0 Å². The molecule has 1 aromatic rings. The summed E-state index contributed by atoms with van der Waals surface area (Å²) in [6.07, 6.45) is 0.307. The first-order valence-corrected chi connectivity index (χ1v) is 5.56. The Kier molecular flexibility index (Phi) is 4.52. The van der Waals surface area contributed by atoms with E-state index in [1.807, 2.05) is 26.0 Å². The van der Waals surface area contributed by atoms with Crippen molar-refractivity contribution in [2.45, 2.75) is 26.2 Å². The molecular formula is C13H19NO3. The minimum atomic E-state index is -0.111. The predicted molar refractivity (Wildman–Crippen MR) is 65.7 cm³/mol. The van der Waals surface area contributed by atoms with Gasteiger partial charge in [-0.1, -0.05) is 19.1 Å². The van der Waals surface area contributed by atoms with Crippen molar-refractivity contribution in [1.29, 1.82) is 0 Å². The number of aryl methyl sites for hydroxylation is 1. The molecule has 0 aromatic heterocycles. The third-order valence-corrected chi connectivity index (χ3v) is 2.82. The Morgan fingerprint density at radius 1 is 1.53 bits per heavy atom. The van der Waals surface area contributed by atoms with Crippen LogP contribution in [0.25, 0.3) is 0 Å². The van der Waals surface area contributed by atoms with E-state index < -0.39 is 0 Å². The number of nitrogens with zero attached hydrogens (tertiary/aromatic N) is 1. The van der Waals surface area contributed by atoms with E-state index in [2.05, 4.69) is 0 Å². The number of phenolic OH excluding ortho intramolecular Hbond substituents is 1. The smallest absolute Gasteiger partial charge is 0.246 e. The van der Waals surface area contributed by atoms with Gasteiger partial charge in [0.1, 0.15) is 5.75 Å². The molecule has 94 valence electrons. The van der Waals surface area contributed by atoms with Crippen LogP contribution < -0.4 is 0 Å². The van der Waals surface area contributed by atoms with Crippen LogP contribution >= 0.6 is 0 Å². The largest absolute Gasteiger partial charge is 0.508 e. The molecule has 0 radical (unpaired) electrons. The molecule has 1 rings (SSSR count). The predicted octanol–water partition coefficient (Wildman–Crippen LogP) is 2.21. The van der Waals surface area contributed by atoms with Gasteiger partial charge >= 0.3 is 0 Å². The highest BCUT2D eigenvalue weighted by Gasteiger charge is 2.17. The number of hydrogen-bond acceptors (Lipinski definition) is 3. The zero-order valence-electron chi connectivity index (χ0n) is 10.7. The maximum atomic E-state index is 11.7. The minimum absolute atomic E-state index is 0.0410. The Balaban J connectivity index is 2.76. The van der Waals surface area contributed by atoms with Gasteiger partial charge in [-0.25, -0.2) is 5.06 Å². The van der Waals surface area contributed by atoms with Gasteiger partial charge in [-0.3, -0.25) is 9.63 Å². The van der Waals surface area contributed by atoms with E-state index in [1.165, 1.54) is 12.2 Å². The van der Waals surface area contributed by atoms with Crippen LogP contribution in [0.1, 0.15) is 30.4 Å². The van der Waals surface area contributed by atoms with Crippen LogP contribution in [0.4, 0.5) is 0 Å². The number of carbonyl (C=O) groups excluding carboxylic acids is 1. The average molecular weight is 237 g/mol. The molecule has 0 fully saturated rings. The van der Waals surface area contributed by atoms with Gasteiger partial charge in [0.05, 0.1) is 7.11 Å². The van der Waals surface area contributed by atoms with E-state index >= 15 is 0 Å². The maximum Gasteiger partial charge on any atom is 0.246 e. The summed E-state index contributed by atoms with van der Waals surface area (Å²) >= 11 is 0. The van der Waals surface area contributed by atoms with Gasteiger partial charge in [0.2, 0.25) is 5.91 Å². The normalized spacial score (nSPS) is 12.2. The SMILES string of the molecule is CON(C)C(=O)C[C@H](C)c1ccc(C)cc1O. The summed E-state index contributed by atoms with van der Waals surface area (Å²) in [7, 11) is 3.02. The molecule has 0 heterocycles. The molecule has 1 atom stereocenters. The second-order valence-electron chi connectivity index (χ2n) is 4.24. The fourth-order valence-corrected chi connectivity index (χ4v) is 1.67. The Bertz CT molecular complexity index is 404. The lowest BCUT2D eigenvalue weighted by Crippen LogP contribution is -2.26. The first-order chi connectivity index (χ1) is 7.95. The van der Waals surface area contributed by atoms with Crippen LogP contribution in [0.5, 0.6) is 5.75 Å². The van der Waals surface area contributed by atoms with Gasteiger partial charge in [-0.05, 0) is 30.0 Å². The van der Waals surface area contributed by atoms with Gasteiger partial charge in [-0.15, -0.1) is 0 Å². The van der Waals surface area contributed by atoms with Crippen molar-refractivity contribution in [3.05, 3.63) is 29.3 Å². The molecule has 1 N–H and O–H groups in total. The molecule has 0 saturated heterocycles. The first-order valence-electron chi connectivity index (χ1n) is 5.56. The van der Waals surface area contributed by atoms with Gasteiger partial charge in [0.25, 0.3) is 0 Å². The van der Waals surface area contributed by atoms with Crippen LogP contribution in [-0.2, 0) is 9.63 Å². The Morgan fingerprint density at radius 2 is 2.18 bits per heavy atom. The van der Waals surface area contributed by atoms with Crippen molar-refractivity contribution in [1.82, 2.24) is 5.06 Å². The van der Waals surface area contributed by atoms with Crippen molar-refractivity contribution < 1.29 is 14.7 Å². The zero-order valence-corrected chi connectivity index (χ0v) is 10.7. The number of rotatable bonds is 4. The fourth-order valence-electron chi connectivity index (χ4n) is 1.67. The molecule has 1 amide bonds. The van der Waals surface area contributed by atoms with Crippen molar-refractivity contribution >= 4 is 5.91 Å². The van der Waals surface area contributed by atoms with Gasteiger partial charge < -0.3 is 5.11 Å². The summed E-state index contributed by atoms with van der Waals surface area (Å²) in [4.78, 5) is 16.5. The number of aromatic hydroxyl groups is 1. The molecule has 4 nitrogen and oxygen atoms in total. The minimum Gasteiger partial charge on any atom is -0.508 e. The van der Waals surface area contributed by atoms with Crippen LogP contribution in [0.15, 0.2) is 18.2 Å². The van der Waals surface area contributed by atoms with E-state index in [0.717, 1.165) is 11.1 Å². The molecule has 4 heteroatoms. The van der Waals surface area contributed by atoms with E-state index in [-0.39, 0.29) is 17.6 Å². The third-order valence-electron chi connectivity index (χ3n) is 2.82. The topological polar surface area (TPSA) is 49.8 Å². The first kappa shape index (κ1) is 13.5. The number of phenols is 1. The summed E-state index contributed by atoms with van der Waals surface area (Å²) in [5, 5.41) is 11.0. The Morgan fingerprint density at radius 3 is 2.71 bits per heavy atom. The number of amides is 1. The quantitative estimate of drug-likeness (QED) is 0.817. The monoisotopic (exact) mass is 237 g/mol. The highest BCUT2D eigenvalue weighted by molar-refractivity contribution is 5.75. The lowest BCUT2D eigenvalue weighted by molar-refractivity contribution is -0.169. The molecule has 0 unspecified atom stereocenters. The molecule has 0 saturated carbocycles. The molecule has 0 bridgehead atoms. The van der Waals surface area contributed by atoms with E-state index in [4.69, 9.17) is 4.84 Å². The fraction of sp³-hybridized carbons (Fsp3) is 0.462. The summed E-state index contributed by atoms with van der Waals surface area (Å²) < 4.78 is 0. The third kappa shape index (κ3) is 3.46. The van der Waals surface area contributed by atoms with Crippen molar-refractivity contribution in [3.8, 4) is 5.75 Å². The zero-order chi connectivity index (χ0) is 13.0. The molecule has 0 aliphatic heterocycles. The van der Waals surface area contributed by atoms with Crippen molar-refractivity contribution in [2.75, 3.05) is 14.2 Å². The standard InChI is InChI=1S/C13H19NO3/c1-9-5-6-11(12(15)7-9)10(2)8-13(16)14(3)17-4/h5-7,10,15H,8H2,1-4H3/t10-/m0/s1. The van der Waals surface area contributed by atoms with Gasteiger partial charge in [0.15, 0.2) is 0 Å². The molecule has 0 spiro atoms. The number of carbonyl (C=O) groups is 1. The molecule has 1 aromatic carbocycles. The van der Waals surface area contributed by atoms with E-state index in [0.29, 0.717) is 6.42 Å². The highest BCUT2D eigenvalue weighted by atomic mass is 16.7. The summed E-state index contributed by atoms with van der Waals surface area (Å²) in [6.45, 7) is 3.82. The molecular weight excluding hydrogens is 218 g/mol. The van der Waals surface area contributed by atoms with Crippen LogP contribution in [0, 0.1) is 6.92 Å². The number of benzene rings is 1. The van der Waals surface area contributed by atoms with Crippen LogP contribution in [0.3, 0.4) is 0 Å². The molecule has 0 aliphatic carbocycles. The van der Waals surface area contributed by atoms with E-state index in [1.54, 1.807) is 13.1 Å². The average Bonchev–Trinajstić information content (AvgIpc) is 2.27.